The van der Waals surface area contributed by atoms with Gasteiger partial charge in [-0.25, -0.2) is 17.9 Å². The van der Waals surface area contributed by atoms with Gasteiger partial charge in [0.1, 0.15) is 58.7 Å². The first-order chi connectivity index (χ1) is 35.3. The number of nitrogens with one attached hydrogen (secondary N) is 4. The monoisotopic (exact) mass is 1600 g/mol. The minimum absolute atomic E-state index is 0. The Balaban J connectivity index is 0.0000107. The number of carbonyl (C=O) groups is 4. The number of allylic oxidation sites excluding steroid dienone is 2. The average molecular weight is 1610 g/mol. The summed E-state index contributed by atoms with van der Waals surface area (Å²) < 4.78 is 63.3. The Bertz CT molecular complexity index is 2890. The van der Waals surface area contributed by atoms with Gasteiger partial charge in [-0.05, 0) is 194 Å². The van der Waals surface area contributed by atoms with E-state index in [4.69, 9.17) is 28.6 Å². The van der Waals surface area contributed by atoms with Crippen molar-refractivity contribution in [3.05, 3.63) is 94.9 Å². The number of aliphatic carboxylic acids is 1. The van der Waals surface area contributed by atoms with Crippen LogP contribution in [0.4, 0.5) is 0 Å². The number of amides is 3. The third kappa shape index (κ3) is 15.9. The van der Waals surface area contributed by atoms with Gasteiger partial charge < -0.3 is 64.4 Å². The first-order valence-corrected chi connectivity index (χ1v) is 29.6. The van der Waals surface area contributed by atoms with Crippen LogP contribution in [0.5, 0.6) is 11.5 Å². The second kappa shape index (κ2) is 28.2. The molecule has 2 heterocycles. The van der Waals surface area contributed by atoms with Crippen molar-refractivity contribution < 1.29 is 106 Å². The van der Waals surface area contributed by atoms with Crippen molar-refractivity contribution in [2.24, 2.45) is 10.3 Å². The predicted molar refractivity (Wildman–Crippen MR) is 297 cm³/mol. The van der Waals surface area contributed by atoms with Gasteiger partial charge in [0.2, 0.25) is 5.91 Å². The fourth-order valence-corrected chi connectivity index (χ4v) is 14.9. The van der Waals surface area contributed by atoms with E-state index in [0.29, 0.717) is 82.8 Å². The Morgan fingerprint density at radius 2 is 1.09 bits per heavy atom. The molecule has 4 aliphatic rings. The van der Waals surface area contributed by atoms with E-state index in [1.165, 1.54) is 26.4 Å². The van der Waals surface area contributed by atoms with E-state index in [1.54, 1.807) is 29.0 Å². The van der Waals surface area contributed by atoms with Gasteiger partial charge in [-0.1, -0.05) is 10.3 Å². The molecule has 22 nitrogen and oxygen atoms in total. The smallest absolute Gasteiger partial charge is 0.735 e. The van der Waals surface area contributed by atoms with Crippen LogP contribution in [-0.4, -0.2) is 139 Å². The number of methoxy groups -OCH3 is 2. The molecule has 2 aromatic rings. The van der Waals surface area contributed by atoms with Gasteiger partial charge in [0, 0.05) is 32.4 Å². The summed E-state index contributed by atoms with van der Waals surface area (Å²) in [6.07, 6.45) is 0.816. The van der Waals surface area contributed by atoms with Crippen LogP contribution >= 0.6 is 127 Å². The van der Waals surface area contributed by atoms with Crippen molar-refractivity contribution in [2.45, 2.75) is 74.0 Å². The van der Waals surface area contributed by atoms with E-state index in [2.05, 4.69) is 154 Å². The molecule has 32 heteroatoms. The van der Waals surface area contributed by atoms with E-state index in [9.17, 15) is 47.5 Å². The normalized spacial score (nSPS) is 21.8. The first-order valence-electron chi connectivity index (χ1n) is 21.9. The van der Waals surface area contributed by atoms with Crippen LogP contribution in [0, 0.1) is 0 Å². The summed E-state index contributed by atoms with van der Waals surface area (Å²) in [7, 11) is -2.33. The molecule has 0 saturated heterocycles. The number of carboxylic acids is 1. The van der Waals surface area contributed by atoms with Crippen LogP contribution in [0.25, 0.3) is 0 Å². The summed E-state index contributed by atoms with van der Waals surface area (Å²) in [4.78, 5) is 63.0. The Hall–Kier alpha value is -1.95. The van der Waals surface area contributed by atoms with Crippen molar-refractivity contribution in [2.75, 3.05) is 40.5 Å². The zero-order valence-corrected chi connectivity index (χ0v) is 55.3. The number of nitrogens with zero attached hydrogens (tertiary/aromatic N) is 2. The van der Waals surface area contributed by atoms with Crippen LogP contribution in [0.3, 0.4) is 0 Å². The Morgan fingerprint density at radius 3 is 1.45 bits per heavy atom. The topological polar surface area (TPSA) is 314 Å². The maximum atomic E-state index is 13.6. The molecule has 0 bridgehead atoms. The number of hydrogen-bond acceptors (Lipinski definition) is 17. The quantitative estimate of drug-likeness (QED) is 0.0478. The minimum Gasteiger partial charge on any atom is -0.735 e. The van der Waals surface area contributed by atoms with Gasteiger partial charge in [0.05, 0.1) is 63.3 Å². The van der Waals surface area contributed by atoms with Gasteiger partial charge in [-0.15, -0.1) is 0 Å². The number of hydrogen-bond donors (Lipinski definition) is 7. The van der Waals surface area contributed by atoms with E-state index in [1.807, 2.05) is 0 Å². The van der Waals surface area contributed by atoms with Crippen LogP contribution in [0.1, 0.15) is 36.8 Å². The molecule has 2 unspecified atom stereocenters. The molecule has 3 amide bonds. The number of halogens is 8. The van der Waals surface area contributed by atoms with Crippen LogP contribution < -0.4 is 59.7 Å². The second-order valence-electron chi connectivity index (χ2n) is 16.7. The van der Waals surface area contributed by atoms with Crippen LogP contribution in [-0.2, 0) is 61.5 Å². The molecule has 6 atom stereocenters. The fourth-order valence-electron chi connectivity index (χ4n) is 7.78. The molecule has 408 valence electrons. The zero-order chi connectivity index (χ0) is 55.2. The van der Waals surface area contributed by atoms with E-state index >= 15 is 0 Å². The summed E-state index contributed by atoms with van der Waals surface area (Å²) in [6.45, 7) is 0.621. The van der Waals surface area contributed by atoms with Gasteiger partial charge in [0.25, 0.3) is 11.8 Å². The van der Waals surface area contributed by atoms with Crippen molar-refractivity contribution in [1.82, 2.24) is 20.7 Å². The maximum Gasteiger partial charge on any atom is 1.00 e. The van der Waals surface area contributed by atoms with Gasteiger partial charge in [0.15, 0.2) is 21.5 Å². The molecule has 7 N–H and O–H groups in total. The molecule has 2 aromatic carbocycles. The third-order valence-electron chi connectivity index (χ3n) is 11.4. The van der Waals surface area contributed by atoms with Crippen LogP contribution in [0.15, 0.2) is 94.1 Å². The van der Waals surface area contributed by atoms with Gasteiger partial charge in [-0.3, -0.25) is 14.4 Å². The summed E-state index contributed by atoms with van der Waals surface area (Å²) >= 11 is 27.1. The average Bonchev–Trinajstić information content (AvgIpc) is 3.96. The number of rotatable bonds is 23. The number of aliphatic hydroxyl groups excluding tert-OH is 2. The molecule has 6 rings (SSSR count). The number of benzene rings is 2. The Labute approximate surface area is 524 Å². The number of carbonyl (C=O) groups excluding carboxylic acids is 3. The minimum atomic E-state index is -5.23. The second-order valence-corrected chi connectivity index (χ2v) is 24.7. The molecule has 2 spiro atoms. The number of oxime groups is 2. The molecular formula is C44H43Br8N6NaO16S. The predicted octanol–water partition coefficient (Wildman–Crippen LogP) is 3.13. The molecule has 0 saturated carbocycles. The molecule has 0 fully saturated rings. The van der Waals surface area contributed by atoms with Crippen molar-refractivity contribution in [3.63, 3.8) is 0 Å². The van der Waals surface area contributed by atoms with Crippen molar-refractivity contribution in [3.8, 4) is 11.5 Å². The summed E-state index contributed by atoms with van der Waals surface area (Å²) in [6, 6.07) is 2.89. The van der Waals surface area contributed by atoms with Gasteiger partial charge in [-0.2, -0.15) is 0 Å². The van der Waals surface area contributed by atoms with Crippen LogP contribution in [0.2, 0.25) is 0 Å². The third-order valence-corrected chi connectivity index (χ3v) is 17.1. The van der Waals surface area contributed by atoms with Crippen molar-refractivity contribution >= 4 is 173 Å². The maximum absolute atomic E-state index is 13.6. The molecule has 76 heavy (non-hydrogen) atoms. The summed E-state index contributed by atoms with van der Waals surface area (Å²) in [5.74, 6) is -2.09. The van der Waals surface area contributed by atoms with Gasteiger partial charge >= 0.3 is 35.5 Å². The molecule has 2 aliphatic carbocycles. The summed E-state index contributed by atoms with van der Waals surface area (Å²) in [5.41, 5.74) is -1.72. The number of aliphatic hydroxyl groups is 2. The molecule has 0 radical (unpaired) electrons. The molecule has 2 aliphatic heterocycles. The zero-order valence-electron chi connectivity index (χ0n) is 39.8. The van der Waals surface area contributed by atoms with E-state index < -0.39 is 69.5 Å². The summed E-state index contributed by atoms with van der Waals surface area (Å²) in [5, 5.41) is 47.5. The largest absolute Gasteiger partial charge is 1.00 e. The fraction of sp³-hybridized carbons (Fsp3) is 0.409. The number of ether oxygens (including phenoxy) is 4. The van der Waals surface area contributed by atoms with Crippen molar-refractivity contribution in [1.29, 1.82) is 0 Å². The Morgan fingerprint density at radius 1 is 0.711 bits per heavy atom. The molecular weight excluding hydrogens is 1560 g/mol. The standard InChI is InChI=1S/C44H44Br8N6O16S.Na/c1-69-35-25(49)15-43(37(59)31(35)51)17-29(56-73-43)39(61)53-5-3-7-71-33-21(45)9-19(10-22(33)46)13-27(58-75(66,67)68)41(63)55-28(42(64)65)14-20-11-23(47)34(24(48)12-20)72-8-4-6-54-40(62)30-18-44(74-57-30)16-26(50)36(70-2)32(52)38(44)60;/h9-12,15-16,27-28,37-38,58-60H,3-8,13-14,17-18H2,1-2H3,(H,53,61)(H,54,62)(H,55,63)(H,64,65)(H,66,67,68);/q;+1/p-1/t27?,28?,37-,38-,43+,44+;/m1./s1. The Kier molecular flexibility index (Phi) is 24.0. The van der Waals surface area contributed by atoms with E-state index in [0.717, 1.165) is 0 Å². The SMILES string of the molecule is COC1=C(Br)[C@@H](O)[C@]2(C=C1Br)CC(C(=O)NCCCOc1c(Br)cc(CC(NC(=O)C(Cc3cc(Br)c(OCCCNC(=O)C4=NO[C@@]5(C=C(Br)C(OC)=C(Br)[C@H]5O)C4)c(Br)c3)NS(=O)(=O)[O-])C(=O)O)cc1Br)=NO2.[Na+]. The molecule has 0 aromatic heterocycles. The number of carboxylic acid groups (broad SMARTS) is 1. The first kappa shape index (κ1) is 64.9. The van der Waals surface area contributed by atoms with E-state index in [-0.39, 0.29) is 93.0 Å².